The van der Waals surface area contributed by atoms with Crippen LogP contribution in [0.2, 0.25) is 0 Å². The van der Waals surface area contributed by atoms with Crippen molar-refractivity contribution in [3.63, 3.8) is 0 Å². The molecule has 1 saturated heterocycles. The Morgan fingerprint density at radius 3 is 2.59 bits per heavy atom. The van der Waals surface area contributed by atoms with Crippen LogP contribution in [0.15, 0.2) is 47.6 Å². The number of amides is 3. The number of aryl methyl sites for hydroxylation is 1. The second kappa shape index (κ2) is 8.13. The zero-order chi connectivity index (χ0) is 19.4. The standard InChI is InChI=1S/C19H19N3O4S/c1-3-26-15-6-4-14(5-7-15)20-17(23)12-22-18(24)16(27-19(22)25)10-13-8-9-21(2)11-13/h4-11H,3,12H2,1-2H3,(H,20,23)/b16-10+. The predicted molar refractivity (Wildman–Crippen MR) is 104 cm³/mol. The van der Waals surface area contributed by atoms with E-state index in [0.717, 1.165) is 22.2 Å². The third-order valence-electron chi connectivity index (χ3n) is 3.78. The Hall–Kier alpha value is -3.00. The molecule has 2 aromatic rings. The average molecular weight is 385 g/mol. The summed E-state index contributed by atoms with van der Waals surface area (Å²) in [7, 11) is 1.87. The number of carbonyl (C=O) groups is 3. The molecule has 3 amide bonds. The fraction of sp³-hybridized carbons (Fsp3) is 0.211. The van der Waals surface area contributed by atoms with E-state index in [9.17, 15) is 14.4 Å². The van der Waals surface area contributed by atoms with Gasteiger partial charge in [0, 0.05) is 25.1 Å². The van der Waals surface area contributed by atoms with E-state index in [-0.39, 0.29) is 6.54 Å². The third-order valence-corrected chi connectivity index (χ3v) is 4.68. The molecule has 140 valence electrons. The van der Waals surface area contributed by atoms with Gasteiger partial charge in [0.05, 0.1) is 11.5 Å². The van der Waals surface area contributed by atoms with Crippen LogP contribution in [-0.2, 0) is 16.6 Å². The number of hydrogen-bond donors (Lipinski definition) is 1. The molecule has 0 atom stereocenters. The van der Waals surface area contributed by atoms with Crippen LogP contribution >= 0.6 is 11.8 Å². The molecule has 0 aliphatic carbocycles. The first kappa shape index (κ1) is 18.8. The van der Waals surface area contributed by atoms with E-state index in [1.807, 2.05) is 37.0 Å². The van der Waals surface area contributed by atoms with Crippen LogP contribution in [0.3, 0.4) is 0 Å². The fourth-order valence-corrected chi connectivity index (χ4v) is 3.38. The summed E-state index contributed by atoms with van der Waals surface area (Å²) in [6.07, 6.45) is 5.34. The summed E-state index contributed by atoms with van der Waals surface area (Å²) in [4.78, 5) is 38.0. The van der Waals surface area contributed by atoms with Crippen LogP contribution in [0.5, 0.6) is 5.75 Å². The van der Waals surface area contributed by atoms with Crippen molar-refractivity contribution in [2.45, 2.75) is 6.92 Å². The van der Waals surface area contributed by atoms with Gasteiger partial charge >= 0.3 is 0 Å². The lowest BCUT2D eigenvalue weighted by Gasteiger charge is -2.12. The Morgan fingerprint density at radius 2 is 1.96 bits per heavy atom. The summed E-state index contributed by atoms with van der Waals surface area (Å²) >= 11 is 0.834. The van der Waals surface area contributed by atoms with E-state index in [1.165, 1.54) is 0 Å². The van der Waals surface area contributed by atoms with Crippen LogP contribution in [0.25, 0.3) is 6.08 Å². The number of anilines is 1. The van der Waals surface area contributed by atoms with Crippen molar-refractivity contribution < 1.29 is 19.1 Å². The Labute approximate surface area is 161 Å². The Bertz CT molecular complexity index is 902. The molecule has 0 unspecified atom stereocenters. The zero-order valence-corrected chi connectivity index (χ0v) is 15.8. The lowest BCUT2D eigenvalue weighted by molar-refractivity contribution is -0.127. The SMILES string of the molecule is CCOc1ccc(NC(=O)CN2C(=O)S/C(=C/c3ccn(C)c3)C2=O)cc1. The van der Waals surface area contributed by atoms with Crippen LogP contribution in [0.1, 0.15) is 12.5 Å². The normalized spacial score (nSPS) is 15.5. The number of thioether (sulfide) groups is 1. The summed E-state index contributed by atoms with van der Waals surface area (Å²) < 4.78 is 7.19. The molecule has 1 aromatic heterocycles. The first-order valence-corrected chi connectivity index (χ1v) is 9.18. The van der Waals surface area contributed by atoms with Gasteiger partial charge in [-0.25, -0.2) is 0 Å². The van der Waals surface area contributed by atoms with Crippen molar-refractivity contribution in [2.75, 3.05) is 18.5 Å². The molecule has 1 aliphatic rings. The smallest absolute Gasteiger partial charge is 0.294 e. The van der Waals surface area contributed by atoms with E-state index >= 15 is 0 Å². The number of imide groups is 1. The molecular weight excluding hydrogens is 366 g/mol. The summed E-state index contributed by atoms with van der Waals surface area (Å²) in [5.74, 6) is -0.203. The summed E-state index contributed by atoms with van der Waals surface area (Å²) in [6.45, 7) is 2.11. The summed E-state index contributed by atoms with van der Waals surface area (Å²) in [6, 6.07) is 8.72. The molecule has 7 nitrogen and oxygen atoms in total. The van der Waals surface area contributed by atoms with Crippen molar-refractivity contribution in [2.24, 2.45) is 7.05 Å². The molecule has 1 aliphatic heterocycles. The first-order valence-electron chi connectivity index (χ1n) is 8.36. The molecule has 8 heteroatoms. The molecule has 0 saturated carbocycles. The summed E-state index contributed by atoms with van der Waals surface area (Å²) in [5.41, 5.74) is 1.39. The van der Waals surface area contributed by atoms with Crippen molar-refractivity contribution in [3.05, 3.63) is 53.2 Å². The van der Waals surface area contributed by atoms with E-state index in [1.54, 1.807) is 30.3 Å². The van der Waals surface area contributed by atoms with Gasteiger partial charge in [0.2, 0.25) is 5.91 Å². The molecule has 0 spiro atoms. The number of nitrogens with zero attached hydrogens (tertiary/aromatic N) is 2. The van der Waals surface area contributed by atoms with Crippen molar-refractivity contribution in [1.29, 1.82) is 0 Å². The Balaban J connectivity index is 1.62. The molecule has 1 fully saturated rings. The fourth-order valence-electron chi connectivity index (χ4n) is 2.54. The maximum atomic E-state index is 12.4. The summed E-state index contributed by atoms with van der Waals surface area (Å²) in [5, 5.41) is 2.22. The van der Waals surface area contributed by atoms with Gasteiger partial charge in [-0.1, -0.05) is 0 Å². The van der Waals surface area contributed by atoms with Gasteiger partial charge in [-0.3, -0.25) is 19.3 Å². The quantitative estimate of drug-likeness (QED) is 0.773. The number of rotatable bonds is 6. The molecule has 27 heavy (non-hydrogen) atoms. The second-order valence-corrected chi connectivity index (χ2v) is 6.88. The second-order valence-electron chi connectivity index (χ2n) is 5.88. The highest BCUT2D eigenvalue weighted by molar-refractivity contribution is 8.18. The topological polar surface area (TPSA) is 80.6 Å². The van der Waals surface area contributed by atoms with E-state index < -0.39 is 17.1 Å². The highest BCUT2D eigenvalue weighted by atomic mass is 32.2. The molecule has 3 rings (SSSR count). The largest absolute Gasteiger partial charge is 0.494 e. The highest BCUT2D eigenvalue weighted by Crippen LogP contribution is 2.32. The monoisotopic (exact) mass is 385 g/mol. The van der Waals surface area contributed by atoms with Gasteiger partial charge in [0.15, 0.2) is 0 Å². The van der Waals surface area contributed by atoms with Gasteiger partial charge in [-0.2, -0.15) is 0 Å². The van der Waals surface area contributed by atoms with Crippen LogP contribution < -0.4 is 10.1 Å². The van der Waals surface area contributed by atoms with Gasteiger partial charge in [0.1, 0.15) is 12.3 Å². The maximum absolute atomic E-state index is 12.4. The molecule has 1 N–H and O–H groups in total. The van der Waals surface area contributed by atoms with Crippen molar-refractivity contribution in [3.8, 4) is 5.75 Å². The molecule has 2 heterocycles. The van der Waals surface area contributed by atoms with Crippen LogP contribution in [-0.4, -0.2) is 39.7 Å². The first-order chi connectivity index (χ1) is 13.0. The van der Waals surface area contributed by atoms with Crippen molar-refractivity contribution >= 4 is 40.6 Å². The predicted octanol–water partition coefficient (Wildman–Crippen LogP) is 3.10. The molecule has 0 bridgehead atoms. The minimum atomic E-state index is -0.462. The molecule has 1 aromatic carbocycles. The Morgan fingerprint density at radius 1 is 1.22 bits per heavy atom. The lowest BCUT2D eigenvalue weighted by Crippen LogP contribution is -2.36. The number of nitrogens with one attached hydrogen (secondary N) is 1. The van der Waals surface area contributed by atoms with Crippen LogP contribution in [0.4, 0.5) is 10.5 Å². The molecule has 0 radical (unpaired) electrons. The maximum Gasteiger partial charge on any atom is 0.294 e. The van der Waals surface area contributed by atoms with Crippen LogP contribution in [0, 0.1) is 0 Å². The zero-order valence-electron chi connectivity index (χ0n) is 15.0. The molecular formula is C19H19N3O4S. The minimum absolute atomic E-state index is 0.306. The number of aromatic nitrogens is 1. The lowest BCUT2D eigenvalue weighted by atomic mass is 10.3. The average Bonchev–Trinajstić information content (AvgIpc) is 3.15. The van der Waals surface area contributed by atoms with Gasteiger partial charge in [0.25, 0.3) is 11.1 Å². The minimum Gasteiger partial charge on any atom is -0.494 e. The number of ether oxygens (including phenoxy) is 1. The highest BCUT2D eigenvalue weighted by Gasteiger charge is 2.36. The van der Waals surface area contributed by atoms with E-state index in [4.69, 9.17) is 4.74 Å². The number of carbonyl (C=O) groups excluding carboxylic acids is 3. The van der Waals surface area contributed by atoms with Gasteiger partial charge < -0.3 is 14.6 Å². The van der Waals surface area contributed by atoms with Crippen molar-refractivity contribution in [1.82, 2.24) is 9.47 Å². The number of hydrogen-bond acceptors (Lipinski definition) is 5. The van der Waals surface area contributed by atoms with E-state index in [0.29, 0.717) is 22.9 Å². The van der Waals surface area contributed by atoms with Gasteiger partial charge in [-0.15, -0.1) is 0 Å². The Kier molecular flexibility index (Phi) is 5.66. The third kappa shape index (κ3) is 4.59. The van der Waals surface area contributed by atoms with Gasteiger partial charge in [-0.05, 0) is 60.7 Å². The number of benzene rings is 1. The van der Waals surface area contributed by atoms with E-state index in [2.05, 4.69) is 5.32 Å².